The van der Waals surface area contributed by atoms with Crippen LogP contribution in [0.1, 0.15) is 17.1 Å². The van der Waals surface area contributed by atoms with Crippen LogP contribution >= 0.6 is 35.3 Å². The molecule has 1 aromatic heterocycles. The molecule has 0 spiro atoms. The predicted octanol–water partition coefficient (Wildman–Crippen LogP) is 3.07. The largest absolute Gasteiger partial charge is 0.497 e. The Morgan fingerprint density at radius 2 is 2.00 bits per heavy atom. The molecule has 2 heterocycles. The van der Waals surface area contributed by atoms with E-state index < -0.39 is 0 Å². The fourth-order valence-electron chi connectivity index (χ4n) is 3.31. The molecule has 160 valence electrons. The van der Waals surface area contributed by atoms with Crippen LogP contribution in [0.5, 0.6) is 11.5 Å². The van der Waals surface area contributed by atoms with Gasteiger partial charge in [-0.15, -0.1) is 35.3 Å². The normalized spacial score (nSPS) is 16.3. The number of nitrogens with one attached hydrogen (secondary N) is 2. The molecule has 0 amide bonds. The quantitative estimate of drug-likeness (QED) is 0.325. The van der Waals surface area contributed by atoms with Crippen LogP contribution < -0.4 is 25.0 Å². The van der Waals surface area contributed by atoms with E-state index >= 15 is 0 Å². The van der Waals surface area contributed by atoms with Gasteiger partial charge in [-0.1, -0.05) is 0 Å². The molecule has 1 fully saturated rings. The monoisotopic (exact) mass is 531 g/mol. The SMILES string of the molecule is CN=C(NCCc1csc(C)n1)NC1CCN(c2cc(OC)cc(OC)c2)C1.I. The summed E-state index contributed by atoms with van der Waals surface area (Å²) in [5, 5.41) is 10.1. The van der Waals surface area contributed by atoms with Gasteiger partial charge in [-0.3, -0.25) is 4.99 Å². The summed E-state index contributed by atoms with van der Waals surface area (Å²) in [6, 6.07) is 6.33. The third-order valence-corrected chi connectivity index (χ3v) is 5.62. The van der Waals surface area contributed by atoms with Crippen molar-refractivity contribution < 1.29 is 9.47 Å². The van der Waals surface area contributed by atoms with Crippen LogP contribution in [0.2, 0.25) is 0 Å². The standard InChI is InChI=1S/C20H29N5O2S.HI/c1-14-23-16(13-28-14)5-7-22-20(21-2)24-15-6-8-25(12-15)17-9-18(26-3)11-19(10-17)27-4;/h9-11,13,15H,5-8,12H2,1-4H3,(H2,21,22,24);1H. The molecule has 0 radical (unpaired) electrons. The van der Waals surface area contributed by atoms with E-state index in [0.29, 0.717) is 6.04 Å². The van der Waals surface area contributed by atoms with Crippen molar-refractivity contribution in [3.8, 4) is 11.5 Å². The summed E-state index contributed by atoms with van der Waals surface area (Å²) in [5.41, 5.74) is 2.24. The number of rotatable bonds is 7. The van der Waals surface area contributed by atoms with E-state index in [1.807, 2.05) is 32.2 Å². The van der Waals surface area contributed by atoms with Gasteiger partial charge in [0.25, 0.3) is 0 Å². The smallest absolute Gasteiger partial charge is 0.191 e. The first-order chi connectivity index (χ1) is 13.6. The molecule has 1 saturated heterocycles. The minimum Gasteiger partial charge on any atom is -0.497 e. The molecule has 9 heteroatoms. The van der Waals surface area contributed by atoms with E-state index in [2.05, 4.69) is 30.9 Å². The highest BCUT2D eigenvalue weighted by Crippen LogP contribution is 2.30. The summed E-state index contributed by atoms with van der Waals surface area (Å²) >= 11 is 1.69. The number of anilines is 1. The molecule has 0 bridgehead atoms. The lowest BCUT2D eigenvalue weighted by atomic mass is 10.2. The van der Waals surface area contributed by atoms with Crippen molar-refractivity contribution >= 4 is 47.0 Å². The molecular formula is C20H30IN5O2S. The highest BCUT2D eigenvalue weighted by molar-refractivity contribution is 14.0. The molecule has 3 rings (SSSR count). The second-order valence-electron chi connectivity index (χ2n) is 6.75. The van der Waals surface area contributed by atoms with Crippen molar-refractivity contribution in [2.75, 3.05) is 45.8 Å². The lowest BCUT2D eigenvalue weighted by molar-refractivity contribution is 0.394. The van der Waals surface area contributed by atoms with Gasteiger partial charge in [-0.05, 0) is 13.3 Å². The molecule has 0 aliphatic carbocycles. The van der Waals surface area contributed by atoms with E-state index in [1.54, 1.807) is 25.6 Å². The van der Waals surface area contributed by atoms with Crippen LogP contribution in [0, 0.1) is 6.92 Å². The maximum absolute atomic E-state index is 5.39. The average molecular weight is 531 g/mol. The number of nitrogens with zero attached hydrogens (tertiary/aromatic N) is 3. The zero-order valence-electron chi connectivity index (χ0n) is 17.4. The summed E-state index contributed by atoms with van der Waals surface area (Å²) in [6.45, 7) is 4.73. The Kier molecular flexibility index (Phi) is 9.28. The van der Waals surface area contributed by atoms with Gasteiger partial charge in [0.1, 0.15) is 11.5 Å². The first kappa shape index (κ1) is 23.5. The van der Waals surface area contributed by atoms with Crippen molar-refractivity contribution in [3.63, 3.8) is 0 Å². The second-order valence-corrected chi connectivity index (χ2v) is 7.82. The van der Waals surface area contributed by atoms with Gasteiger partial charge in [0, 0.05) is 68.4 Å². The van der Waals surface area contributed by atoms with Crippen molar-refractivity contribution in [2.45, 2.75) is 25.8 Å². The Bertz CT molecular complexity index is 792. The van der Waals surface area contributed by atoms with Crippen LogP contribution in [0.4, 0.5) is 5.69 Å². The molecule has 0 saturated carbocycles. The van der Waals surface area contributed by atoms with Gasteiger partial charge < -0.3 is 25.0 Å². The number of aliphatic imine (C=N–C) groups is 1. The van der Waals surface area contributed by atoms with Gasteiger partial charge in [0.05, 0.1) is 24.9 Å². The van der Waals surface area contributed by atoms with Crippen LogP contribution in [0.25, 0.3) is 0 Å². The van der Waals surface area contributed by atoms with Crippen LogP contribution in [-0.4, -0.2) is 57.9 Å². The van der Waals surface area contributed by atoms with Crippen LogP contribution in [-0.2, 0) is 6.42 Å². The van der Waals surface area contributed by atoms with Gasteiger partial charge in [-0.2, -0.15) is 0 Å². The van der Waals surface area contributed by atoms with Gasteiger partial charge in [-0.25, -0.2) is 4.98 Å². The Morgan fingerprint density at radius 3 is 2.59 bits per heavy atom. The van der Waals surface area contributed by atoms with Crippen molar-refractivity contribution in [2.24, 2.45) is 4.99 Å². The zero-order valence-corrected chi connectivity index (χ0v) is 20.5. The number of guanidine groups is 1. The Balaban J connectivity index is 0.00000300. The van der Waals surface area contributed by atoms with Crippen molar-refractivity contribution in [3.05, 3.63) is 34.3 Å². The molecule has 7 nitrogen and oxygen atoms in total. The van der Waals surface area contributed by atoms with E-state index in [-0.39, 0.29) is 24.0 Å². The fourth-order valence-corrected chi connectivity index (χ4v) is 3.95. The predicted molar refractivity (Wildman–Crippen MR) is 131 cm³/mol. The summed E-state index contributed by atoms with van der Waals surface area (Å²) < 4.78 is 10.8. The number of halogens is 1. The molecular weight excluding hydrogens is 501 g/mol. The first-order valence-electron chi connectivity index (χ1n) is 9.47. The van der Waals surface area contributed by atoms with Crippen molar-refractivity contribution in [1.29, 1.82) is 0 Å². The molecule has 1 unspecified atom stereocenters. The highest BCUT2D eigenvalue weighted by Gasteiger charge is 2.24. The molecule has 1 aromatic carbocycles. The number of aryl methyl sites for hydroxylation is 1. The number of methoxy groups -OCH3 is 2. The second kappa shape index (κ2) is 11.4. The van der Waals surface area contributed by atoms with Crippen LogP contribution in [0.3, 0.4) is 0 Å². The van der Waals surface area contributed by atoms with E-state index in [4.69, 9.17) is 9.47 Å². The first-order valence-corrected chi connectivity index (χ1v) is 10.4. The maximum Gasteiger partial charge on any atom is 0.191 e. The van der Waals surface area contributed by atoms with Crippen LogP contribution in [0.15, 0.2) is 28.6 Å². The Hall–Kier alpha value is -1.75. The average Bonchev–Trinajstić information content (AvgIpc) is 3.35. The third-order valence-electron chi connectivity index (χ3n) is 4.79. The van der Waals surface area contributed by atoms with Crippen molar-refractivity contribution in [1.82, 2.24) is 15.6 Å². The molecule has 2 aromatic rings. The van der Waals surface area contributed by atoms with E-state index in [0.717, 1.165) is 66.3 Å². The summed E-state index contributed by atoms with van der Waals surface area (Å²) in [6.07, 6.45) is 1.94. The summed E-state index contributed by atoms with van der Waals surface area (Å²) in [4.78, 5) is 11.2. The minimum absolute atomic E-state index is 0. The lowest BCUT2D eigenvalue weighted by Gasteiger charge is -2.21. The molecule has 2 N–H and O–H groups in total. The van der Waals surface area contributed by atoms with E-state index in [9.17, 15) is 0 Å². The lowest BCUT2D eigenvalue weighted by Crippen LogP contribution is -2.45. The molecule has 1 aliphatic heterocycles. The number of aromatic nitrogens is 1. The number of hydrogen-bond donors (Lipinski definition) is 2. The topological polar surface area (TPSA) is 71.0 Å². The minimum atomic E-state index is 0. The maximum atomic E-state index is 5.39. The Labute approximate surface area is 193 Å². The Morgan fingerprint density at radius 1 is 1.28 bits per heavy atom. The third kappa shape index (κ3) is 6.63. The van der Waals surface area contributed by atoms with Gasteiger partial charge in [0.2, 0.25) is 0 Å². The molecule has 29 heavy (non-hydrogen) atoms. The molecule has 1 aliphatic rings. The number of benzene rings is 1. The molecule has 1 atom stereocenters. The number of hydrogen-bond acceptors (Lipinski definition) is 6. The summed E-state index contributed by atoms with van der Waals surface area (Å²) in [7, 11) is 5.16. The number of thiazole rings is 1. The zero-order chi connectivity index (χ0) is 19.9. The number of ether oxygens (including phenoxy) is 2. The van der Waals surface area contributed by atoms with Gasteiger partial charge in [0.15, 0.2) is 5.96 Å². The van der Waals surface area contributed by atoms with E-state index in [1.165, 1.54) is 0 Å². The highest BCUT2D eigenvalue weighted by atomic mass is 127. The fraction of sp³-hybridized carbons (Fsp3) is 0.500. The summed E-state index contributed by atoms with van der Waals surface area (Å²) in [5.74, 6) is 2.45. The van der Waals surface area contributed by atoms with Gasteiger partial charge >= 0.3 is 0 Å².